The van der Waals surface area contributed by atoms with Crippen molar-refractivity contribution in [3.05, 3.63) is 35.4 Å². The second-order valence-corrected chi connectivity index (χ2v) is 6.43. The van der Waals surface area contributed by atoms with Gasteiger partial charge >= 0.3 is 0 Å². The lowest BCUT2D eigenvalue weighted by Crippen LogP contribution is -2.16. The van der Waals surface area contributed by atoms with E-state index in [2.05, 4.69) is 43.3 Å². The van der Waals surface area contributed by atoms with E-state index in [9.17, 15) is 0 Å². The van der Waals surface area contributed by atoms with E-state index >= 15 is 0 Å². The normalized spacial score (nSPS) is 16.8. The van der Waals surface area contributed by atoms with Gasteiger partial charge in [-0.15, -0.1) is 0 Å². The van der Waals surface area contributed by atoms with Gasteiger partial charge in [0.15, 0.2) is 0 Å². The highest BCUT2D eigenvalue weighted by Gasteiger charge is 2.15. The summed E-state index contributed by atoms with van der Waals surface area (Å²) in [5, 5.41) is 0. The minimum atomic E-state index is 0.790. The van der Waals surface area contributed by atoms with Crippen LogP contribution in [-0.4, -0.2) is 30.4 Å². The van der Waals surface area contributed by atoms with Crippen LogP contribution in [0, 0.1) is 0 Å². The summed E-state index contributed by atoms with van der Waals surface area (Å²) in [5.74, 6) is 0.790. The lowest BCUT2D eigenvalue weighted by atomic mass is 9.84. The Morgan fingerprint density at radius 3 is 2.32 bits per heavy atom. The van der Waals surface area contributed by atoms with E-state index in [1.165, 1.54) is 43.2 Å². The Bertz CT molecular complexity index is 402. The molecule has 0 unspecified atom stereocenters. The van der Waals surface area contributed by atoms with Gasteiger partial charge in [-0.3, -0.25) is 0 Å². The molecule has 19 heavy (non-hydrogen) atoms. The summed E-state index contributed by atoms with van der Waals surface area (Å²) in [6.45, 7) is 1.03. The van der Waals surface area contributed by atoms with Gasteiger partial charge in [0.2, 0.25) is 0 Å². The second-order valence-electron chi connectivity index (χ2n) is 5.93. The summed E-state index contributed by atoms with van der Waals surface area (Å²) < 4.78 is 0. The SMILES string of the molecule is CN(C)CCC(=S)c1ccc(C2CCCCC2)cc1. The number of nitrogens with zero attached hydrogens (tertiary/aromatic N) is 1. The molecule has 0 saturated heterocycles. The zero-order valence-electron chi connectivity index (χ0n) is 12.2. The minimum Gasteiger partial charge on any atom is -0.309 e. The second kappa shape index (κ2) is 7.16. The Morgan fingerprint density at radius 2 is 1.74 bits per heavy atom. The standard InChI is InChI=1S/C17H25NS/c1-18(2)13-12-17(19)16-10-8-15(9-11-16)14-6-4-3-5-7-14/h8-11,14H,3-7,12-13H2,1-2H3. The molecule has 0 bridgehead atoms. The van der Waals surface area contributed by atoms with Crippen molar-refractivity contribution in [2.24, 2.45) is 0 Å². The van der Waals surface area contributed by atoms with Gasteiger partial charge in [-0.05, 0) is 50.4 Å². The Morgan fingerprint density at radius 1 is 1.11 bits per heavy atom. The molecule has 2 rings (SSSR count). The summed E-state index contributed by atoms with van der Waals surface area (Å²) in [7, 11) is 4.18. The number of hydrogen-bond donors (Lipinski definition) is 0. The summed E-state index contributed by atoms with van der Waals surface area (Å²) in [5.41, 5.74) is 2.75. The van der Waals surface area contributed by atoms with Crippen molar-refractivity contribution < 1.29 is 0 Å². The molecule has 0 N–H and O–H groups in total. The molecule has 0 spiro atoms. The predicted octanol–water partition coefficient (Wildman–Crippen LogP) is 4.40. The molecule has 0 aliphatic heterocycles. The number of benzene rings is 1. The number of rotatable bonds is 5. The molecular formula is C17H25NS. The van der Waals surface area contributed by atoms with Crippen LogP contribution in [0.3, 0.4) is 0 Å². The van der Waals surface area contributed by atoms with Gasteiger partial charge in [0.05, 0.1) is 0 Å². The molecule has 0 aromatic heterocycles. The van der Waals surface area contributed by atoms with Crippen molar-refractivity contribution in [2.75, 3.05) is 20.6 Å². The number of hydrogen-bond acceptors (Lipinski definition) is 2. The van der Waals surface area contributed by atoms with E-state index in [-0.39, 0.29) is 0 Å². The Balaban J connectivity index is 1.95. The van der Waals surface area contributed by atoms with Gasteiger partial charge in [-0.1, -0.05) is 55.7 Å². The molecule has 1 aromatic carbocycles. The largest absolute Gasteiger partial charge is 0.309 e. The summed E-state index contributed by atoms with van der Waals surface area (Å²) in [6.07, 6.45) is 7.92. The van der Waals surface area contributed by atoms with Crippen LogP contribution in [0.4, 0.5) is 0 Å². The highest BCUT2D eigenvalue weighted by Crippen LogP contribution is 2.32. The third-order valence-electron chi connectivity index (χ3n) is 4.10. The fraction of sp³-hybridized carbons (Fsp3) is 0.588. The third-order valence-corrected chi connectivity index (χ3v) is 4.54. The molecule has 1 saturated carbocycles. The molecule has 1 aliphatic rings. The fourth-order valence-electron chi connectivity index (χ4n) is 2.85. The molecule has 0 atom stereocenters. The van der Waals surface area contributed by atoms with Crippen LogP contribution < -0.4 is 0 Å². The topological polar surface area (TPSA) is 3.24 Å². The van der Waals surface area contributed by atoms with E-state index < -0.39 is 0 Å². The van der Waals surface area contributed by atoms with Gasteiger partial charge in [0, 0.05) is 11.4 Å². The zero-order valence-corrected chi connectivity index (χ0v) is 13.0. The van der Waals surface area contributed by atoms with Gasteiger partial charge in [0.25, 0.3) is 0 Å². The monoisotopic (exact) mass is 275 g/mol. The van der Waals surface area contributed by atoms with Crippen molar-refractivity contribution in [3.63, 3.8) is 0 Å². The summed E-state index contributed by atoms with van der Waals surface area (Å²) in [6, 6.07) is 9.05. The third kappa shape index (κ3) is 4.39. The first-order valence-electron chi connectivity index (χ1n) is 7.44. The van der Waals surface area contributed by atoms with E-state index in [4.69, 9.17) is 12.2 Å². The van der Waals surface area contributed by atoms with Gasteiger partial charge < -0.3 is 4.90 Å². The lowest BCUT2D eigenvalue weighted by molar-refractivity contribution is 0.423. The van der Waals surface area contributed by atoms with Gasteiger partial charge in [0.1, 0.15) is 0 Å². The highest BCUT2D eigenvalue weighted by atomic mass is 32.1. The molecule has 1 fully saturated rings. The highest BCUT2D eigenvalue weighted by molar-refractivity contribution is 7.80. The maximum absolute atomic E-state index is 5.51. The van der Waals surface area contributed by atoms with Crippen molar-refractivity contribution in [1.29, 1.82) is 0 Å². The van der Waals surface area contributed by atoms with Crippen molar-refractivity contribution in [2.45, 2.75) is 44.4 Å². The Kier molecular flexibility index (Phi) is 5.53. The van der Waals surface area contributed by atoms with Crippen molar-refractivity contribution >= 4 is 17.1 Å². The first kappa shape index (κ1) is 14.7. The van der Waals surface area contributed by atoms with E-state index in [1.54, 1.807) is 0 Å². The Hall–Kier alpha value is -0.730. The molecule has 1 aromatic rings. The van der Waals surface area contributed by atoms with E-state index in [0.717, 1.165) is 23.7 Å². The van der Waals surface area contributed by atoms with Crippen LogP contribution in [-0.2, 0) is 0 Å². The average Bonchev–Trinajstić information content (AvgIpc) is 2.46. The molecular weight excluding hydrogens is 250 g/mol. The van der Waals surface area contributed by atoms with Crippen LogP contribution >= 0.6 is 12.2 Å². The van der Waals surface area contributed by atoms with Gasteiger partial charge in [-0.2, -0.15) is 0 Å². The van der Waals surface area contributed by atoms with E-state index in [0.29, 0.717) is 0 Å². The predicted molar refractivity (Wildman–Crippen MR) is 87.1 cm³/mol. The smallest absolute Gasteiger partial charge is 0.0237 e. The summed E-state index contributed by atoms with van der Waals surface area (Å²) >= 11 is 5.51. The maximum Gasteiger partial charge on any atom is 0.0237 e. The average molecular weight is 275 g/mol. The quantitative estimate of drug-likeness (QED) is 0.578. The van der Waals surface area contributed by atoms with Crippen LogP contribution in [0.15, 0.2) is 24.3 Å². The molecule has 0 amide bonds. The van der Waals surface area contributed by atoms with E-state index in [1.807, 2.05) is 0 Å². The maximum atomic E-state index is 5.51. The molecule has 0 heterocycles. The molecule has 0 radical (unpaired) electrons. The van der Waals surface area contributed by atoms with Crippen LogP contribution in [0.2, 0.25) is 0 Å². The zero-order chi connectivity index (χ0) is 13.7. The molecule has 1 nitrogen and oxygen atoms in total. The van der Waals surface area contributed by atoms with Crippen molar-refractivity contribution in [1.82, 2.24) is 4.90 Å². The first-order chi connectivity index (χ1) is 9.16. The van der Waals surface area contributed by atoms with Gasteiger partial charge in [-0.25, -0.2) is 0 Å². The Labute approximate surface area is 123 Å². The summed E-state index contributed by atoms with van der Waals surface area (Å²) in [4.78, 5) is 3.27. The fourth-order valence-corrected chi connectivity index (χ4v) is 3.07. The molecule has 1 aliphatic carbocycles. The van der Waals surface area contributed by atoms with Crippen LogP contribution in [0.25, 0.3) is 0 Å². The number of thiocarbonyl (C=S) groups is 1. The lowest BCUT2D eigenvalue weighted by Gasteiger charge is -2.22. The van der Waals surface area contributed by atoms with Crippen LogP contribution in [0.5, 0.6) is 0 Å². The molecule has 2 heteroatoms. The molecule has 104 valence electrons. The van der Waals surface area contributed by atoms with Crippen LogP contribution in [0.1, 0.15) is 55.6 Å². The van der Waals surface area contributed by atoms with Crippen molar-refractivity contribution in [3.8, 4) is 0 Å². The minimum absolute atomic E-state index is 0.790. The first-order valence-corrected chi connectivity index (χ1v) is 7.85.